The molecule has 0 N–H and O–H groups in total. The van der Waals surface area contributed by atoms with Gasteiger partial charge in [0.1, 0.15) is 6.61 Å². The summed E-state index contributed by atoms with van der Waals surface area (Å²) in [6, 6.07) is 7.08. The van der Waals surface area contributed by atoms with E-state index in [2.05, 4.69) is 0 Å². The molecule has 0 unspecified atom stereocenters. The molecule has 3 nitrogen and oxygen atoms in total. The standard InChI is InChI=1S/C12H12ClNO2/c1-15-12-8-10(9-14)4-5-11(12)16-7-3-2-6-13/h2-5,8H,6-7H2,1H3. The van der Waals surface area contributed by atoms with Crippen LogP contribution in [0.5, 0.6) is 11.5 Å². The van der Waals surface area contributed by atoms with Gasteiger partial charge in [0.25, 0.3) is 0 Å². The van der Waals surface area contributed by atoms with Crippen molar-refractivity contribution in [2.45, 2.75) is 0 Å². The fourth-order valence-corrected chi connectivity index (χ4v) is 1.25. The lowest BCUT2D eigenvalue weighted by Gasteiger charge is -2.08. The van der Waals surface area contributed by atoms with E-state index in [1.54, 1.807) is 24.3 Å². The van der Waals surface area contributed by atoms with Gasteiger partial charge in [0.05, 0.1) is 18.7 Å². The third-order valence-electron chi connectivity index (χ3n) is 1.88. The van der Waals surface area contributed by atoms with Gasteiger partial charge in [-0.1, -0.05) is 12.2 Å². The van der Waals surface area contributed by atoms with E-state index in [0.29, 0.717) is 29.5 Å². The third-order valence-corrected chi connectivity index (χ3v) is 2.06. The van der Waals surface area contributed by atoms with Crippen LogP contribution in [0.4, 0.5) is 0 Å². The molecule has 84 valence electrons. The second kappa shape index (κ2) is 6.76. The van der Waals surface area contributed by atoms with Gasteiger partial charge in [-0.05, 0) is 12.1 Å². The Morgan fingerprint density at radius 1 is 1.38 bits per heavy atom. The van der Waals surface area contributed by atoms with Crippen molar-refractivity contribution in [3.8, 4) is 17.6 Å². The zero-order chi connectivity index (χ0) is 11.8. The minimum Gasteiger partial charge on any atom is -0.493 e. The zero-order valence-electron chi connectivity index (χ0n) is 8.94. The van der Waals surface area contributed by atoms with Crippen molar-refractivity contribution in [1.82, 2.24) is 0 Å². The number of ether oxygens (including phenoxy) is 2. The maximum atomic E-state index is 8.72. The molecule has 1 aromatic carbocycles. The molecule has 0 saturated carbocycles. The van der Waals surface area contributed by atoms with Crippen LogP contribution in [0.15, 0.2) is 30.4 Å². The number of allylic oxidation sites excluding steroid dienone is 1. The number of nitriles is 1. The molecule has 0 saturated heterocycles. The largest absolute Gasteiger partial charge is 0.493 e. The molecule has 0 spiro atoms. The van der Waals surface area contributed by atoms with E-state index >= 15 is 0 Å². The lowest BCUT2D eigenvalue weighted by molar-refractivity contribution is 0.326. The van der Waals surface area contributed by atoms with Crippen LogP contribution in [0.1, 0.15) is 5.56 Å². The van der Waals surface area contributed by atoms with E-state index < -0.39 is 0 Å². The lowest BCUT2D eigenvalue weighted by atomic mass is 10.2. The minimum absolute atomic E-state index is 0.426. The number of alkyl halides is 1. The molecule has 0 aliphatic rings. The number of hydrogen-bond donors (Lipinski definition) is 0. The Morgan fingerprint density at radius 2 is 2.19 bits per heavy atom. The molecule has 0 heterocycles. The maximum Gasteiger partial charge on any atom is 0.162 e. The van der Waals surface area contributed by atoms with Gasteiger partial charge in [-0.3, -0.25) is 0 Å². The summed E-state index contributed by atoms with van der Waals surface area (Å²) in [6.07, 6.45) is 3.63. The maximum absolute atomic E-state index is 8.72. The van der Waals surface area contributed by atoms with E-state index in [4.69, 9.17) is 26.3 Å². The van der Waals surface area contributed by atoms with Gasteiger partial charge in [-0.15, -0.1) is 11.6 Å². The summed E-state index contributed by atoms with van der Waals surface area (Å²) in [7, 11) is 1.54. The summed E-state index contributed by atoms with van der Waals surface area (Å²) < 4.78 is 10.6. The minimum atomic E-state index is 0.426. The van der Waals surface area contributed by atoms with Gasteiger partial charge >= 0.3 is 0 Å². The molecule has 1 aromatic rings. The van der Waals surface area contributed by atoms with Crippen LogP contribution in [-0.2, 0) is 0 Å². The van der Waals surface area contributed by atoms with Crippen LogP contribution in [-0.4, -0.2) is 19.6 Å². The molecule has 0 bridgehead atoms. The van der Waals surface area contributed by atoms with Crippen molar-refractivity contribution < 1.29 is 9.47 Å². The smallest absolute Gasteiger partial charge is 0.162 e. The molecule has 1 rings (SSSR count). The van der Waals surface area contributed by atoms with Crippen LogP contribution >= 0.6 is 11.6 Å². The van der Waals surface area contributed by atoms with Crippen molar-refractivity contribution in [1.29, 1.82) is 5.26 Å². The molecule has 0 aliphatic carbocycles. The number of halogens is 1. The van der Waals surface area contributed by atoms with Crippen LogP contribution in [0.25, 0.3) is 0 Å². The quantitative estimate of drug-likeness (QED) is 0.584. The van der Waals surface area contributed by atoms with Crippen molar-refractivity contribution in [2.75, 3.05) is 19.6 Å². The average molecular weight is 238 g/mol. The molecule has 16 heavy (non-hydrogen) atoms. The summed E-state index contributed by atoms with van der Waals surface area (Å²) in [5.74, 6) is 1.63. The monoisotopic (exact) mass is 237 g/mol. The number of hydrogen-bond acceptors (Lipinski definition) is 3. The Hall–Kier alpha value is -1.66. The number of benzene rings is 1. The van der Waals surface area contributed by atoms with Crippen LogP contribution in [0.2, 0.25) is 0 Å². The van der Waals surface area contributed by atoms with Crippen LogP contribution in [0, 0.1) is 11.3 Å². The third kappa shape index (κ3) is 3.48. The van der Waals surface area contributed by atoms with E-state index in [1.165, 1.54) is 7.11 Å². The topological polar surface area (TPSA) is 42.2 Å². The fraction of sp³-hybridized carbons (Fsp3) is 0.250. The molecule has 0 fully saturated rings. The van der Waals surface area contributed by atoms with E-state index in [9.17, 15) is 0 Å². The predicted molar refractivity (Wildman–Crippen MR) is 63.1 cm³/mol. The molecular formula is C12H12ClNO2. The number of methoxy groups -OCH3 is 1. The van der Waals surface area contributed by atoms with Gasteiger partial charge in [0, 0.05) is 11.9 Å². The van der Waals surface area contributed by atoms with Crippen molar-refractivity contribution in [3.05, 3.63) is 35.9 Å². The van der Waals surface area contributed by atoms with E-state index in [-0.39, 0.29) is 0 Å². The normalized spacial score (nSPS) is 10.1. The first-order valence-corrected chi connectivity index (χ1v) is 5.27. The van der Waals surface area contributed by atoms with Gasteiger partial charge in [0.2, 0.25) is 0 Å². The molecule has 0 amide bonds. The average Bonchev–Trinajstić information content (AvgIpc) is 2.34. The molecule has 0 aliphatic heterocycles. The second-order valence-electron chi connectivity index (χ2n) is 2.91. The van der Waals surface area contributed by atoms with Gasteiger partial charge in [0.15, 0.2) is 11.5 Å². The molecule has 0 radical (unpaired) electrons. The molecule has 0 atom stereocenters. The lowest BCUT2D eigenvalue weighted by Crippen LogP contribution is -1.96. The fourth-order valence-electron chi connectivity index (χ4n) is 1.13. The Balaban J connectivity index is 2.72. The molecular weight excluding hydrogens is 226 g/mol. The van der Waals surface area contributed by atoms with Gasteiger partial charge in [-0.2, -0.15) is 5.26 Å². The first kappa shape index (κ1) is 12.4. The Labute approximate surface area is 99.9 Å². The van der Waals surface area contributed by atoms with E-state index in [0.717, 1.165) is 0 Å². The summed E-state index contributed by atoms with van der Waals surface area (Å²) >= 11 is 5.48. The number of rotatable bonds is 5. The van der Waals surface area contributed by atoms with Gasteiger partial charge < -0.3 is 9.47 Å². The van der Waals surface area contributed by atoms with Gasteiger partial charge in [-0.25, -0.2) is 0 Å². The Bertz CT molecular complexity index is 410. The van der Waals surface area contributed by atoms with Crippen molar-refractivity contribution >= 4 is 11.6 Å². The predicted octanol–water partition coefficient (Wildman–Crippen LogP) is 2.74. The van der Waals surface area contributed by atoms with E-state index in [1.807, 2.05) is 12.1 Å². The summed E-state index contributed by atoms with van der Waals surface area (Å²) in [5, 5.41) is 8.72. The highest BCUT2D eigenvalue weighted by Gasteiger charge is 2.04. The SMILES string of the molecule is COc1cc(C#N)ccc1OCC=CCCl. The summed E-state index contributed by atoms with van der Waals surface area (Å²) in [6.45, 7) is 0.426. The highest BCUT2D eigenvalue weighted by Crippen LogP contribution is 2.27. The van der Waals surface area contributed by atoms with Crippen LogP contribution < -0.4 is 9.47 Å². The highest BCUT2D eigenvalue weighted by atomic mass is 35.5. The van der Waals surface area contributed by atoms with Crippen LogP contribution in [0.3, 0.4) is 0 Å². The number of nitrogens with zero attached hydrogens (tertiary/aromatic N) is 1. The highest BCUT2D eigenvalue weighted by molar-refractivity contribution is 6.18. The summed E-state index contributed by atoms with van der Waals surface area (Å²) in [4.78, 5) is 0. The van der Waals surface area contributed by atoms with Crippen molar-refractivity contribution in [2.24, 2.45) is 0 Å². The molecule has 0 aromatic heterocycles. The zero-order valence-corrected chi connectivity index (χ0v) is 9.70. The Kier molecular flexibility index (Phi) is 5.24. The second-order valence-corrected chi connectivity index (χ2v) is 3.22. The van der Waals surface area contributed by atoms with Crippen molar-refractivity contribution in [3.63, 3.8) is 0 Å². The molecule has 4 heteroatoms. The first-order chi connectivity index (χ1) is 7.81. The Morgan fingerprint density at radius 3 is 2.81 bits per heavy atom. The first-order valence-electron chi connectivity index (χ1n) is 4.73. The summed E-state index contributed by atoms with van der Waals surface area (Å²) in [5.41, 5.74) is 0.542.